The quantitative estimate of drug-likeness (QED) is 0.631. The van der Waals surface area contributed by atoms with Crippen LogP contribution in [0.2, 0.25) is 0 Å². The number of aromatic hydroxyl groups is 2. The molecule has 2 fully saturated rings. The van der Waals surface area contributed by atoms with Crippen LogP contribution in [-0.4, -0.2) is 40.8 Å². The maximum Gasteiger partial charge on any atom is 0.157 e. The number of hydrogen-bond donors (Lipinski definition) is 3. The van der Waals surface area contributed by atoms with Crippen molar-refractivity contribution >= 4 is 0 Å². The van der Waals surface area contributed by atoms with Crippen LogP contribution in [0.3, 0.4) is 0 Å². The van der Waals surface area contributed by atoms with Gasteiger partial charge in [0.2, 0.25) is 0 Å². The third-order valence-electron chi connectivity index (χ3n) is 5.38. The van der Waals surface area contributed by atoms with Crippen LogP contribution in [0, 0.1) is 5.92 Å². The number of hydrogen-bond acceptors (Lipinski definition) is 4. The molecule has 0 radical (unpaired) electrons. The molecule has 4 heteroatoms. The van der Waals surface area contributed by atoms with Gasteiger partial charge >= 0.3 is 0 Å². The highest BCUT2D eigenvalue weighted by Gasteiger charge is 2.39. The van der Waals surface area contributed by atoms with Crippen molar-refractivity contribution in [1.82, 2.24) is 10.2 Å². The number of nitrogens with zero attached hydrogens (tertiary/aromatic N) is 1. The Morgan fingerprint density at radius 1 is 1.20 bits per heavy atom. The first-order chi connectivity index (χ1) is 9.72. The Morgan fingerprint density at radius 3 is 2.95 bits per heavy atom. The number of rotatable bonds is 0. The summed E-state index contributed by atoms with van der Waals surface area (Å²) in [4.78, 5) is 2.58. The second-order valence-corrected chi connectivity index (χ2v) is 6.50. The van der Waals surface area contributed by atoms with Gasteiger partial charge in [0.1, 0.15) is 0 Å². The number of phenols is 2. The van der Waals surface area contributed by atoms with Gasteiger partial charge < -0.3 is 15.5 Å². The fourth-order valence-corrected chi connectivity index (χ4v) is 4.33. The van der Waals surface area contributed by atoms with Crippen molar-refractivity contribution in [2.24, 2.45) is 5.92 Å². The molecule has 3 N–H and O–H groups in total. The largest absolute Gasteiger partial charge is 0.504 e. The summed E-state index contributed by atoms with van der Waals surface area (Å²) in [5.74, 6) is 0.818. The molecule has 4 nitrogen and oxygen atoms in total. The normalized spacial score (nSPS) is 33.1. The SMILES string of the molecule is Oc1cc2c(cc1O)[C@H]1C[C@@H]3NCCC[C@@H]3CN1CC2. The molecule has 1 aromatic rings. The van der Waals surface area contributed by atoms with Gasteiger partial charge in [0.25, 0.3) is 0 Å². The minimum atomic E-state index is 0.0154. The van der Waals surface area contributed by atoms with E-state index in [0.717, 1.165) is 31.8 Å². The van der Waals surface area contributed by atoms with Crippen molar-refractivity contribution < 1.29 is 10.2 Å². The second-order valence-electron chi connectivity index (χ2n) is 6.50. The maximum absolute atomic E-state index is 9.81. The Kier molecular flexibility index (Phi) is 2.89. The highest BCUT2D eigenvalue weighted by atomic mass is 16.3. The highest BCUT2D eigenvalue weighted by molar-refractivity contribution is 5.48. The molecule has 4 rings (SSSR count). The summed E-state index contributed by atoms with van der Waals surface area (Å²) in [5, 5.41) is 23.2. The fourth-order valence-electron chi connectivity index (χ4n) is 4.33. The molecule has 1 aromatic carbocycles. The van der Waals surface area contributed by atoms with Crippen molar-refractivity contribution in [3.8, 4) is 11.5 Å². The first kappa shape index (κ1) is 12.5. The lowest BCUT2D eigenvalue weighted by molar-refractivity contribution is 0.0550. The van der Waals surface area contributed by atoms with Crippen molar-refractivity contribution in [3.05, 3.63) is 23.3 Å². The van der Waals surface area contributed by atoms with Gasteiger partial charge in [0.05, 0.1) is 0 Å². The molecule has 0 unspecified atom stereocenters. The molecule has 0 saturated carbocycles. The molecule has 108 valence electrons. The summed E-state index contributed by atoms with van der Waals surface area (Å²) in [5.41, 5.74) is 2.42. The molecule has 0 spiro atoms. The molecule has 3 heterocycles. The lowest BCUT2D eigenvalue weighted by Crippen LogP contribution is -2.54. The number of benzene rings is 1. The average Bonchev–Trinajstić information content (AvgIpc) is 2.47. The Hall–Kier alpha value is -1.26. The van der Waals surface area contributed by atoms with Crippen molar-refractivity contribution in [1.29, 1.82) is 0 Å². The van der Waals surface area contributed by atoms with Crippen LogP contribution >= 0.6 is 0 Å². The number of phenolic OH excluding ortho intramolecular Hbond substituents is 2. The second kappa shape index (κ2) is 4.64. The number of nitrogens with one attached hydrogen (secondary N) is 1. The van der Waals surface area contributed by atoms with Crippen LogP contribution in [0.1, 0.15) is 36.4 Å². The zero-order chi connectivity index (χ0) is 13.7. The lowest BCUT2D eigenvalue weighted by Gasteiger charge is -2.49. The van der Waals surface area contributed by atoms with E-state index >= 15 is 0 Å². The topological polar surface area (TPSA) is 55.7 Å². The predicted octanol–water partition coefficient (Wildman–Crippen LogP) is 1.77. The highest BCUT2D eigenvalue weighted by Crippen LogP contribution is 2.43. The minimum Gasteiger partial charge on any atom is -0.504 e. The summed E-state index contributed by atoms with van der Waals surface area (Å²) < 4.78 is 0. The van der Waals surface area contributed by atoms with Crippen LogP contribution in [0.25, 0.3) is 0 Å². The first-order valence-corrected chi connectivity index (χ1v) is 7.74. The zero-order valence-corrected chi connectivity index (χ0v) is 11.7. The Labute approximate surface area is 119 Å². The monoisotopic (exact) mass is 274 g/mol. The molecule has 2 saturated heterocycles. The van der Waals surface area contributed by atoms with Gasteiger partial charge in [0, 0.05) is 25.2 Å². The van der Waals surface area contributed by atoms with E-state index in [1.54, 1.807) is 12.1 Å². The van der Waals surface area contributed by atoms with Crippen molar-refractivity contribution in [3.63, 3.8) is 0 Å². The summed E-state index contributed by atoms with van der Waals surface area (Å²) in [6.07, 6.45) is 4.74. The van der Waals surface area contributed by atoms with E-state index in [0.29, 0.717) is 12.1 Å². The lowest BCUT2D eigenvalue weighted by atomic mass is 9.77. The predicted molar refractivity (Wildman–Crippen MR) is 76.9 cm³/mol. The molecule has 0 amide bonds. The van der Waals surface area contributed by atoms with Gasteiger partial charge in [0.15, 0.2) is 11.5 Å². The van der Waals surface area contributed by atoms with E-state index in [-0.39, 0.29) is 11.5 Å². The molecule has 3 aliphatic rings. The molecular weight excluding hydrogens is 252 g/mol. The van der Waals surface area contributed by atoms with Crippen LogP contribution in [-0.2, 0) is 6.42 Å². The average molecular weight is 274 g/mol. The van der Waals surface area contributed by atoms with Crippen LogP contribution in [0.4, 0.5) is 0 Å². The number of piperidine rings is 2. The summed E-state index contributed by atoms with van der Waals surface area (Å²) >= 11 is 0. The third kappa shape index (κ3) is 1.90. The van der Waals surface area contributed by atoms with Gasteiger partial charge in [-0.05, 0) is 61.4 Å². The maximum atomic E-state index is 9.81. The molecule has 3 atom stereocenters. The van der Waals surface area contributed by atoms with E-state index in [1.807, 2.05) is 0 Å². The molecular formula is C16H22N2O2. The van der Waals surface area contributed by atoms with Crippen LogP contribution in [0.5, 0.6) is 11.5 Å². The molecule has 0 bridgehead atoms. The van der Waals surface area contributed by atoms with E-state index in [9.17, 15) is 10.2 Å². The van der Waals surface area contributed by atoms with E-state index in [1.165, 1.54) is 30.5 Å². The van der Waals surface area contributed by atoms with Gasteiger partial charge in [-0.1, -0.05) is 0 Å². The Balaban J connectivity index is 1.67. The summed E-state index contributed by atoms with van der Waals surface area (Å²) in [6, 6.07) is 4.55. The van der Waals surface area contributed by atoms with Crippen molar-refractivity contribution in [2.45, 2.75) is 37.8 Å². The summed E-state index contributed by atoms with van der Waals surface area (Å²) in [6.45, 7) is 3.39. The Bertz CT molecular complexity index is 531. The molecule has 0 aromatic heterocycles. The third-order valence-corrected chi connectivity index (χ3v) is 5.38. The van der Waals surface area contributed by atoms with E-state index in [2.05, 4.69) is 10.2 Å². The standard InChI is InChI=1S/C16H22N2O2/c19-15-6-10-3-5-18-9-11-2-1-4-17-13(11)8-14(18)12(10)7-16(15)20/h6-7,11,13-14,17,19-20H,1-5,8-9H2/t11-,13+,14-/m1/s1. The zero-order valence-electron chi connectivity index (χ0n) is 11.7. The number of fused-ring (bicyclic) bond motifs is 4. The van der Waals surface area contributed by atoms with Gasteiger partial charge in [-0.25, -0.2) is 0 Å². The smallest absolute Gasteiger partial charge is 0.157 e. The Morgan fingerprint density at radius 2 is 2.05 bits per heavy atom. The molecule has 20 heavy (non-hydrogen) atoms. The minimum absolute atomic E-state index is 0.0154. The fraction of sp³-hybridized carbons (Fsp3) is 0.625. The van der Waals surface area contributed by atoms with E-state index in [4.69, 9.17) is 0 Å². The first-order valence-electron chi connectivity index (χ1n) is 7.74. The van der Waals surface area contributed by atoms with Gasteiger partial charge in [-0.15, -0.1) is 0 Å². The van der Waals surface area contributed by atoms with Gasteiger partial charge in [-0.2, -0.15) is 0 Å². The van der Waals surface area contributed by atoms with Gasteiger partial charge in [-0.3, -0.25) is 4.90 Å². The van der Waals surface area contributed by atoms with Crippen LogP contribution < -0.4 is 5.32 Å². The van der Waals surface area contributed by atoms with Crippen molar-refractivity contribution in [2.75, 3.05) is 19.6 Å². The molecule has 3 aliphatic heterocycles. The van der Waals surface area contributed by atoms with E-state index < -0.39 is 0 Å². The molecule has 0 aliphatic carbocycles. The summed E-state index contributed by atoms with van der Waals surface area (Å²) in [7, 11) is 0. The van der Waals surface area contributed by atoms with Crippen LogP contribution in [0.15, 0.2) is 12.1 Å².